The third-order valence-electron chi connectivity index (χ3n) is 3.89. The minimum Gasteiger partial charge on any atom is -0.462 e. The summed E-state index contributed by atoms with van der Waals surface area (Å²) in [4.78, 5) is 12.5. The highest BCUT2D eigenvalue weighted by Gasteiger charge is 2.22. The number of thiophene rings is 1. The van der Waals surface area contributed by atoms with Crippen molar-refractivity contribution in [2.75, 3.05) is 19.7 Å². The number of sulfonamides is 1. The van der Waals surface area contributed by atoms with Crippen LogP contribution in [0.15, 0.2) is 29.2 Å². The van der Waals surface area contributed by atoms with Gasteiger partial charge in [-0.15, -0.1) is 23.7 Å². The van der Waals surface area contributed by atoms with Crippen LogP contribution in [0.3, 0.4) is 0 Å². The van der Waals surface area contributed by atoms with Gasteiger partial charge in [-0.3, -0.25) is 0 Å². The van der Waals surface area contributed by atoms with Gasteiger partial charge in [0.05, 0.1) is 11.5 Å². The summed E-state index contributed by atoms with van der Waals surface area (Å²) in [5, 5.41) is 3.92. The van der Waals surface area contributed by atoms with E-state index in [1.807, 2.05) is 0 Å². The van der Waals surface area contributed by atoms with Crippen LogP contribution >= 0.6 is 23.7 Å². The number of halogens is 1. The fourth-order valence-corrected chi connectivity index (χ4v) is 4.97. The molecule has 0 amide bonds. The van der Waals surface area contributed by atoms with E-state index in [1.54, 1.807) is 31.2 Å². The van der Waals surface area contributed by atoms with Gasteiger partial charge in [-0.25, -0.2) is 17.9 Å². The van der Waals surface area contributed by atoms with Gasteiger partial charge in [-0.2, -0.15) is 0 Å². The van der Waals surface area contributed by atoms with E-state index in [1.165, 1.54) is 11.3 Å². The van der Waals surface area contributed by atoms with Gasteiger partial charge in [0.25, 0.3) is 0 Å². The lowest BCUT2D eigenvalue weighted by Gasteiger charge is -2.23. The van der Waals surface area contributed by atoms with Crippen LogP contribution in [-0.2, 0) is 14.8 Å². The molecule has 25 heavy (non-hydrogen) atoms. The zero-order chi connectivity index (χ0) is 17.2. The number of carbonyl (C=O) groups excluding carboxylic acids is 1. The smallest absolute Gasteiger partial charge is 0.348 e. The molecule has 0 bridgehead atoms. The molecule has 6 nitrogen and oxygen atoms in total. The predicted molar refractivity (Wildman–Crippen MR) is 101 cm³/mol. The molecule has 0 saturated carbocycles. The molecule has 1 aromatic carbocycles. The molecule has 0 unspecified atom stereocenters. The molecular weight excluding hydrogens is 384 g/mol. The lowest BCUT2D eigenvalue weighted by molar-refractivity contribution is 0.0532. The highest BCUT2D eigenvalue weighted by atomic mass is 35.5. The van der Waals surface area contributed by atoms with E-state index in [0.717, 1.165) is 29.5 Å². The van der Waals surface area contributed by atoms with Crippen LogP contribution in [0.4, 0.5) is 0 Å². The summed E-state index contributed by atoms with van der Waals surface area (Å²) < 4.78 is 33.7. The summed E-state index contributed by atoms with van der Waals surface area (Å²) in [7, 11) is -3.57. The van der Waals surface area contributed by atoms with Crippen molar-refractivity contribution in [1.29, 1.82) is 0 Å². The molecule has 0 aliphatic carbocycles. The zero-order valence-corrected chi connectivity index (χ0v) is 16.2. The Kier molecular flexibility index (Phi) is 6.81. The highest BCUT2D eigenvalue weighted by molar-refractivity contribution is 7.89. The zero-order valence-electron chi connectivity index (χ0n) is 13.8. The van der Waals surface area contributed by atoms with Gasteiger partial charge in [-0.1, -0.05) is 0 Å². The molecule has 1 aliphatic heterocycles. The maximum Gasteiger partial charge on any atom is 0.348 e. The van der Waals surface area contributed by atoms with Crippen molar-refractivity contribution >= 4 is 49.8 Å². The average Bonchev–Trinajstić information content (AvgIpc) is 2.99. The number of piperidine rings is 1. The summed E-state index contributed by atoms with van der Waals surface area (Å²) >= 11 is 1.30. The van der Waals surface area contributed by atoms with Gasteiger partial charge >= 0.3 is 5.97 Å². The molecule has 2 aromatic rings. The molecule has 3 rings (SSSR count). The first-order valence-electron chi connectivity index (χ1n) is 7.93. The molecule has 1 saturated heterocycles. The Morgan fingerprint density at radius 1 is 1.40 bits per heavy atom. The van der Waals surface area contributed by atoms with Gasteiger partial charge in [0, 0.05) is 17.3 Å². The summed E-state index contributed by atoms with van der Waals surface area (Å²) in [5.41, 5.74) is 0. The van der Waals surface area contributed by atoms with Gasteiger partial charge < -0.3 is 10.1 Å². The monoisotopic (exact) mass is 404 g/mol. The second kappa shape index (κ2) is 8.46. The number of ether oxygens (including phenoxy) is 1. The standard InChI is InChI=1S/C16H20N2O4S2.ClH/c1-2-22-16(19)15-9-11-8-13(5-6-14(11)23-15)24(20,21)18-12-4-3-7-17-10-12;/h5-6,8-9,12,17-18H,2-4,7,10H2,1H3;1H/t12-;/m1./s1. The molecular formula is C16H21ClN2O4S2. The van der Waals surface area contributed by atoms with Gasteiger partial charge in [0.2, 0.25) is 10.0 Å². The molecule has 1 aromatic heterocycles. The molecule has 1 aliphatic rings. The first-order chi connectivity index (χ1) is 11.5. The maximum absolute atomic E-state index is 12.6. The fourth-order valence-electron chi connectivity index (χ4n) is 2.73. The van der Waals surface area contributed by atoms with Crippen LogP contribution in [0.5, 0.6) is 0 Å². The first-order valence-corrected chi connectivity index (χ1v) is 10.2. The molecule has 2 N–H and O–H groups in total. The van der Waals surface area contributed by atoms with Crippen LogP contribution in [0.25, 0.3) is 10.1 Å². The Morgan fingerprint density at radius 3 is 2.88 bits per heavy atom. The molecule has 0 spiro atoms. The van der Waals surface area contributed by atoms with E-state index in [0.29, 0.717) is 18.0 Å². The Bertz CT molecular complexity index is 845. The Labute approximate surface area is 157 Å². The SMILES string of the molecule is CCOC(=O)c1cc2cc(S(=O)(=O)N[C@@H]3CCCNC3)ccc2s1.Cl. The van der Waals surface area contributed by atoms with E-state index < -0.39 is 10.0 Å². The largest absolute Gasteiger partial charge is 0.462 e. The minimum absolute atomic E-state index is 0. The Balaban J connectivity index is 0.00000225. The van der Waals surface area contributed by atoms with Gasteiger partial charge in [-0.05, 0) is 56.0 Å². The number of fused-ring (bicyclic) bond motifs is 1. The van der Waals surface area contributed by atoms with Gasteiger partial charge in [0.15, 0.2) is 0 Å². The van der Waals surface area contributed by atoms with E-state index in [-0.39, 0.29) is 29.3 Å². The molecule has 9 heteroatoms. The van der Waals surface area contributed by atoms with Crippen LogP contribution in [0, 0.1) is 0 Å². The Hall–Kier alpha value is -1.19. The summed E-state index contributed by atoms with van der Waals surface area (Å²) in [6.07, 6.45) is 1.79. The lowest BCUT2D eigenvalue weighted by atomic mass is 10.1. The number of carbonyl (C=O) groups is 1. The number of rotatable bonds is 5. The van der Waals surface area contributed by atoms with E-state index in [9.17, 15) is 13.2 Å². The van der Waals surface area contributed by atoms with E-state index in [2.05, 4.69) is 10.0 Å². The summed E-state index contributed by atoms with van der Waals surface area (Å²) in [5.74, 6) is -0.380. The fraction of sp³-hybridized carbons (Fsp3) is 0.438. The quantitative estimate of drug-likeness (QED) is 0.748. The van der Waals surface area contributed by atoms with Crippen molar-refractivity contribution in [3.63, 3.8) is 0 Å². The lowest BCUT2D eigenvalue weighted by Crippen LogP contribution is -2.45. The topological polar surface area (TPSA) is 84.5 Å². The third kappa shape index (κ3) is 4.71. The number of hydrogen-bond donors (Lipinski definition) is 2. The average molecular weight is 405 g/mol. The van der Waals surface area contributed by atoms with Crippen molar-refractivity contribution in [3.8, 4) is 0 Å². The number of benzene rings is 1. The number of hydrogen-bond acceptors (Lipinski definition) is 6. The maximum atomic E-state index is 12.6. The van der Waals surface area contributed by atoms with E-state index in [4.69, 9.17) is 4.74 Å². The number of esters is 1. The predicted octanol–water partition coefficient (Wildman–Crippen LogP) is 2.53. The molecule has 138 valence electrons. The van der Waals surface area contributed by atoms with Crippen LogP contribution in [-0.4, -0.2) is 40.1 Å². The normalized spacial score (nSPS) is 17.9. The van der Waals surface area contributed by atoms with Gasteiger partial charge in [0.1, 0.15) is 4.88 Å². The summed E-state index contributed by atoms with van der Waals surface area (Å²) in [6.45, 7) is 3.64. The van der Waals surface area contributed by atoms with Crippen LogP contribution < -0.4 is 10.0 Å². The van der Waals surface area contributed by atoms with Crippen molar-refractivity contribution < 1.29 is 17.9 Å². The first kappa shape index (κ1) is 20.1. The van der Waals surface area contributed by atoms with Crippen molar-refractivity contribution in [2.45, 2.75) is 30.7 Å². The molecule has 0 radical (unpaired) electrons. The molecule has 1 fully saturated rings. The molecule has 1 atom stereocenters. The Morgan fingerprint density at radius 2 is 2.20 bits per heavy atom. The number of nitrogens with one attached hydrogen (secondary N) is 2. The van der Waals surface area contributed by atoms with E-state index >= 15 is 0 Å². The second-order valence-electron chi connectivity index (χ2n) is 5.70. The van der Waals surface area contributed by atoms with Crippen molar-refractivity contribution in [2.24, 2.45) is 0 Å². The molecule has 2 heterocycles. The minimum atomic E-state index is -3.57. The van der Waals surface area contributed by atoms with Crippen LogP contribution in [0.2, 0.25) is 0 Å². The summed E-state index contributed by atoms with van der Waals surface area (Å²) in [6, 6.07) is 6.51. The van der Waals surface area contributed by atoms with Crippen molar-refractivity contribution in [1.82, 2.24) is 10.0 Å². The second-order valence-corrected chi connectivity index (χ2v) is 8.49. The van der Waals surface area contributed by atoms with Crippen LogP contribution in [0.1, 0.15) is 29.4 Å². The highest BCUT2D eigenvalue weighted by Crippen LogP contribution is 2.28. The third-order valence-corrected chi connectivity index (χ3v) is 6.51. The van der Waals surface area contributed by atoms with Crippen molar-refractivity contribution in [3.05, 3.63) is 29.1 Å².